The molecular formula is C8H6F3N3O2S. The minimum atomic E-state index is -6.07. The first-order chi connectivity index (χ1) is 7.72. The van der Waals surface area contributed by atoms with E-state index in [1.54, 1.807) is 0 Å². The maximum atomic E-state index is 13.1. The van der Waals surface area contributed by atoms with Gasteiger partial charge in [-0.05, 0) is 18.2 Å². The molecule has 0 aliphatic heterocycles. The number of anilines is 1. The standard InChI is InChI=1S/C8H6F3N3O2S/c9-8(10,17(11,15)16)7-13-5-2-1-4(12)3-6(5)14-7/h1-3H,12H2,(H,13,14). The van der Waals surface area contributed by atoms with Gasteiger partial charge in [-0.2, -0.15) is 17.2 Å². The first-order valence-electron chi connectivity index (χ1n) is 4.29. The predicted octanol–water partition coefficient (Wildman–Crippen LogP) is 1.49. The fourth-order valence-corrected chi connectivity index (χ4v) is 1.61. The summed E-state index contributed by atoms with van der Waals surface area (Å²) < 4.78 is 59.2. The Labute approximate surface area is 93.7 Å². The zero-order valence-electron chi connectivity index (χ0n) is 8.12. The molecule has 0 saturated carbocycles. The maximum absolute atomic E-state index is 13.1. The zero-order chi connectivity index (χ0) is 12.8. The van der Waals surface area contributed by atoms with Crippen molar-refractivity contribution >= 4 is 26.9 Å². The summed E-state index contributed by atoms with van der Waals surface area (Å²) in [5.74, 6) is -1.28. The Morgan fingerprint density at radius 1 is 1.35 bits per heavy atom. The van der Waals surface area contributed by atoms with Crippen LogP contribution in [-0.4, -0.2) is 18.4 Å². The third-order valence-corrected chi connectivity index (χ3v) is 2.89. The Morgan fingerprint density at radius 3 is 2.59 bits per heavy atom. The SMILES string of the molecule is Nc1ccc2nc(C(F)(F)S(=O)(=O)F)[nH]c2c1. The topological polar surface area (TPSA) is 88.8 Å². The molecule has 0 aliphatic carbocycles. The summed E-state index contributed by atoms with van der Waals surface area (Å²) in [4.78, 5) is 5.33. The maximum Gasteiger partial charge on any atom is 0.430 e. The number of fused-ring (bicyclic) bond motifs is 1. The third kappa shape index (κ3) is 1.82. The van der Waals surface area contributed by atoms with Crippen LogP contribution in [0.2, 0.25) is 0 Å². The molecule has 2 aromatic rings. The van der Waals surface area contributed by atoms with Gasteiger partial charge in [-0.15, -0.1) is 0 Å². The normalized spacial score (nSPS) is 13.1. The molecule has 0 aliphatic rings. The van der Waals surface area contributed by atoms with Crippen LogP contribution in [0, 0.1) is 0 Å². The molecule has 9 heteroatoms. The van der Waals surface area contributed by atoms with Gasteiger partial charge in [0.1, 0.15) is 0 Å². The third-order valence-electron chi connectivity index (χ3n) is 2.09. The van der Waals surface area contributed by atoms with E-state index in [2.05, 4.69) is 4.98 Å². The first-order valence-corrected chi connectivity index (χ1v) is 5.68. The van der Waals surface area contributed by atoms with E-state index in [9.17, 15) is 21.1 Å². The van der Waals surface area contributed by atoms with Crippen molar-refractivity contribution in [3.63, 3.8) is 0 Å². The van der Waals surface area contributed by atoms with Crippen molar-refractivity contribution < 1.29 is 21.1 Å². The highest BCUT2D eigenvalue weighted by Gasteiger charge is 2.50. The number of H-pyrrole nitrogens is 1. The zero-order valence-corrected chi connectivity index (χ0v) is 8.93. The molecule has 0 unspecified atom stereocenters. The van der Waals surface area contributed by atoms with Crippen LogP contribution in [0.15, 0.2) is 18.2 Å². The number of hydrogen-bond donors (Lipinski definition) is 2. The van der Waals surface area contributed by atoms with Crippen molar-refractivity contribution in [3.05, 3.63) is 24.0 Å². The fourth-order valence-electron chi connectivity index (χ4n) is 1.28. The number of imidazole rings is 1. The Morgan fingerprint density at radius 2 is 2.00 bits per heavy atom. The molecule has 0 amide bonds. The summed E-state index contributed by atoms with van der Waals surface area (Å²) in [6.45, 7) is 0. The number of nitrogens with one attached hydrogen (secondary N) is 1. The van der Waals surface area contributed by atoms with Crippen molar-refractivity contribution in [1.29, 1.82) is 0 Å². The summed E-state index contributed by atoms with van der Waals surface area (Å²) in [6, 6.07) is 3.99. The Bertz CT molecular complexity index is 680. The Hall–Kier alpha value is -1.77. The fraction of sp³-hybridized carbons (Fsp3) is 0.125. The van der Waals surface area contributed by atoms with E-state index < -0.39 is 21.3 Å². The molecule has 2 rings (SSSR count). The Balaban J connectivity index is 2.65. The summed E-state index contributed by atoms with van der Waals surface area (Å²) in [6.07, 6.45) is 0. The van der Waals surface area contributed by atoms with E-state index in [-0.39, 0.29) is 16.7 Å². The lowest BCUT2D eigenvalue weighted by Crippen LogP contribution is -2.23. The van der Waals surface area contributed by atoms with Gasteiger partial charge in [0.05, 0.1) is 11.0 Å². The molecule has 5 nitrogen and oxygen atoms in total. The van der Waals surface area contributed by atoms with Crippen LogP contribution >= 0.6 is 0 Å². The van der Waals surface area contributed by atoms with Gasteiger partial charge >= 0.3 is 15.5 Å². The van der Waals surface area contributed by atoms with Crippen LogP contribution in [0.3, 0.4) is 0 Å². The highest BCUT2D eigenvalue weighted by molar-refractivity contribution is 7.87. The first kappa shape index (κ1) is 11.7. The van der Waals surface area contributed by atoms with Gasteiger partial charge in [0.25, 0.3) is 0 Å². The number of halogens is 3. The lowest BCUT2D eigenvalue weighted by Gasteiger charge is -2.06. The molecule has 1 aromatic carbocycles. The predicted molar refractivity (Wildman–Crippen MR) is 54.4 cm³/mol. The monoisotopic (exact) mass is 265 g/mol. The second-order valence-corrected chi connectivity index (χ2v) is 4.71. The number of hydrogen-bond acceptors (Lipinski definition) is 4. The van der Waals surface area contributed by atoms with E-state index in [4.69, 9.17) is 5.73 Å². The molecule has 0 atom stereocenters. The van der Waals surface area contributed by atoms with Gasteiger partial charge < -0.3 is 10.7 Å². The second-order valence-electron chi connectivity index (χ2n) is 3.32. The highest BCUT2D eigenvalue weighted by atomic mass is 32.3. The molecule has 0 saturated heterocycles. The molecule has 0 fully saturated rings. The van der Waals surface area contributed by atoms with Crippen LogP contribution < -0.4 is 5.73 Å². The molecule has 92 valence electrons. The number of aromatic amines is 1. The van der Waals surface area contributed by atoms with E-state index in [1.165, 1.54) is 18.2 Å². The summed E-state index contributed by atoms with van der Waals surface area (Å²) in [7, 11) is -6.07. The van der Waals surface area contributed by atoms with Crippen LogP contribution in [0.1, 0.15) is 5.82 Å². The number of benzene rings is 1. The van der Waals surface area contributed by atoms with Crippen molar-refractivity contribution in [3.8, 4) is 0 Å². The number of nitrogen functional groups attached to an aromatic ring is 1. The van der Waals surface area contributed by atoms with Gasteiger partial charge in [-0.25, -0.2) is 4.98 Å². The molecule has 3 N–H and O–H groups in total. The Kier molecular flexibility index (Phi) is 2.31. The number of nitrogens with zero attached hydrogens (tertiary/aromatic N) is 1. The minimum Gasteiger partial charge on any atom is -0.399 e. The van der Waals surface area contributed by atoms with Gasteiger partial charge in [0, 0.05) is 5.69 Å². The lowest BCUT2D eigenvalue weighted by atomic mass is 10.3. The largest absolute Gasteiger partial charge is 0.430 e. The number of alkyl halides is 2. The minimum absolute atomic E-state index is 0.0672. The van der Waals surface area contributed by atoms with Crippen molar-refractivity contribution in [2.45, 2.75) is 5.25 Å². The van der Waals surface area contributed by atoms with E-state index in [0.29, 0.717) is 0 Å². The molecule has 0 bridgehead atoms. The molecule has 1 heterocycles. The van der Waals surface area contributed by atoms with Crippen LogP contribution in [0.5, 0.6) is 0 Å². The van der Waals surface area contributed by atoms with Crippen molar-refractivity contribution in [1.82, 2.24) is 9.97 Å². The van der Waals surface area contributed by atoms with Crippen molar-refractivity contribution in [2.24, 2.45) is 0 Å². The summed E-state index contributed by atoms with van der Waals surface area (Å²) in [5.41, 5.74) is 5.84. The highest BCUT2D eigenvalue weighted by Crippen LogP contribution is 2.34. The summed E-state index contributed by atoms with van der Waals surface area (Å²) >= 11 is 0. The van der Waals surface area contributed by atoms with Crippen LogP contribution in [0.25, 0.3) is 11.0 Å². The quantitative estimate of drug-likeness (QED) is 0.636. The van der Waals surface area contributed by atoms with Crippen LogP contribution in [-0.2, 0) is 15.5 Å². The average molecular weight is 265 g/mol. The van der Waals surface area contributed by atoms with Crippen LogP contribution in [0.4, 0.5) is 18.4 Å². The summed E-state index contributed by atoms with van der Waals surface area (Å²) in [5, 5.41) is -4.71. The molecule has 1 aromatic heterocycles. The molecule has 0 radical (unpaired) electrons. The number of aromatic nitrogens is 2. The van der Waals surface area contributed by atoms with Gasteiger partial charge in [-0.3, -0.25) is 0 Å². The number of nitrogens with two attached hydrogens (primary N) is 1. The molecule has 17 heavy (non-hydrogen) atoms. The van der Waals surface area contributed by atoms with Gasteiger partial charge in [0.15, 0.2) is 5.82 Å². The van der Waals surface area contributed by atoms with E-state index in [1.807, 2.05) is 4.98 Å². The smallest absolute Gasteiger partial charge is 0.399 e. The molecule has 0 spiro atoms. The van der Waals surface area contributed by atoms with E-state index in [0.717, 1.165) is 0 Å². The average Bonchev–Trinajstić information content (AvgIpc) is 2.58. The van der Waals surface area contributed by atoms with Gasteiger partial charge in [0.2, 0.25) is 0 Å². The second kappa shape index (κ2) is 3.36. The molecular weight excluding hydrogens is 259 g/mol. The van der Waals surface area contributed by atoms with Gasteiger partial charge in [-0.1, -0.05) is 3.89 Å². The lowest BCUT2D eigenvalue weighted by molar-refractivity contribution is 0.0755. The van der Waals surface area contributed by atoms with Crippen molar-refractivity contribution in [2.75, 3.05) is 5.73 Å². The van der Waals surface area contributed by atoms with E-state index >= 15 is 0 Å². The number of rotatable bonds is 2.